The molecule has 0 N–H and O–H groups in total. The van der Waals surface area contributed by atoms with Crippen LogP contribution in [0.2, 0.25) is 0 Å². The third-order valence-electron chi connectivity index (χ3n) is 8.03. The average Bonchev–Trinajstić information content (AvgIpc) is 2.89. The third-order valence-corrected chi connectivity index (χ3v) is 8.03. The molecule has 3 fully saturated rings. The van der Waals surface area contributed by atoms with Gasteiger partial charge in [-0.05, 0) is 47.9 Å². The van der Waals surface area contributed by atoms with Crippen LogP contribution in [0.15, 0.2) is 72.8 Å². The molecule has 36 heavy (non-hydrogen) atoms. The molecule has 4 nitrogen and oxygen atoms in total. The summed E-state index contributed by atoms with van der Waals surface area (Å²) in [5.74, 6) is -0.515. The first-order valence-corrected chi connectivity index (χ1v) is 12.8. The van der Waals surface area contributed by atoms with Crippen LogP contribution in [0.25, 0.3) is 0 Å². The maximum atomic E-state index is 14.7. The van der Waals surface area contributed by atoms with Crippen LogP contribution in [0.3, 0.4) is 0 Å². The minimum absolute atomic E-state index is 0.102. The predicted octanol–water partition coefficient (Wildman–Crippen LogP) is 6.27. The molecule has 3 aromatic rings. The fraction of sp³-hybridized carbons (Fsp3) is 0.367. The van der Waals surface area contributed by atoms with E-state index in [2.05, 4.69) is 31.2 Å². The second-order valence-corrected chi connectivity index (χ2v) is 10.3. The van der Waals surface area contributed by atoms with Crippen LogP contribution in [-0.2, 0) is 17.7 Å². The summed E-state index contributed by atoms with van der Waals surface area (Å²) in [5.41, 5.74) is 3.55. The third kappa shape index (κ3) is 5.29. The highest BCUT2D eigenvalue weighted by Crippen LogP contribution is 2.36. The standard InChI is InChI=1S/C30H33F2N2O2/c1-22-6-2-3-7-24(22)14-17-34-18-15-25(16-19-34)29(21-34)36-30(35)33(28-9-5-4-8-27(28)32)20-23-10-12-26(31)13-11-23/h2-13,25,29H,14-21H2,1H3/q+1/t25?,29-,34?/m0/s1. The molecule has 3 aliphatic rings. The van der Waals surface area contributed by atoms with Crippen molar-refractivity contribution in [2.24, 2.45) is 5.92 Å². The van der Waals surface area contributed by atoms with Gasteiger partial charge in [0.15, 0.2) is 6.10 Å². The molecule has 188 valence electrons. The van der Waals surface area contributed by atoms with E-state index in [4.69, 9.17) is 4.74 Å². The highest BCUT2D eigenvalue weighted by atomic mass is 19.1. The Balaban J connectivity index is 1.32. The first-order chi connectivity index (χ1) is 17.4. The van der Waals surface area contributed by atoms with Gasteiger partial charge in [-0.3, -0.25) is 4.90 Å². The topological polar surface area (TPSA) is 29.5 Å². The molecule has 0 unspecified atom stereocenters. The monoisotopic (exact) mass is 491 g/mol. The van der Waals surface area contributed by atoms with E-state index in [-0.39, 0.29) is 24.2 Å². The van der Waals surface area contributed by atoms with Gasteiger partial charge in [-0.1, -0.05) is 48.5 Å². The molecule has 1 amide bonds. The van der Waals surface area contributed by atoms with Gasteiger partial charge < -0.3 is 9.22 Å². The van der Waals surface area contributed by atoms with Crippen molar-refractivity contribution in [1.29, 1.82) is 0 Å². The summed E-state index contributed by atoms with van der Waals surface area (Å²) in [4.78, 5) is 14.8. The Hall–Kier alpha value is -3.25. The van der Waals surface area contributed by atoms with Crippen molar-refractivity contribution >= 4 is 11.8 Å². The number of hydrogen-bond donors (Lipinski definition) is 0. The van der Waals surface area contributed by atoms with Gasteiger partial charge in [0.05, 0.1) is 31.9 Å². The SMILES string of the molecule is Cc1ccccc1CC[N+]12CCC(CC1)[C@@H](OC(=O)N(Cc1ccc(F)cc1)c1ccccc1F)C2. The Morgan fingerprint density at radius 3 is 2.39 bits per heavy atom. The van der Waals surface area contributed by atoms with Gasteiger partial charge in [-0.2, -0.15) is 0 Å². The van der Waals surface area contributed by atoms with Gasteiger partial charge in [0.1, 0.15) is 18.2 Å². The van der Waals surface area contributed by atoms with Gasteiger partial charge in [0.25, 0.3) is 0 Å². The summed E-state index contributed by atoms with van der Waals surface area (Å²) in [6.45, 7) is 6.29. The first kappa shape index (κ1) is 24.4. The van der Waals surface area contributed by atoms with Crippen LogP contribution in [0.5, 0.6) is 0 Å². The van der Waals surface area contributed by atoms with Crippen molar-refractivity contribution in [2.75, 3.05) is 31.1 Å². The second kappa shape index (κ2) is 10.4. The smallest absolute Gasteiger partial charge is 0.415 e. The number of quaternary nitrogens is 1. The Morgan fingerprint density at radius 1 is 0.972 bits per heavy atom. The van der Waals surface area contributed by atoms with Crippen LogP contribution >= 0.6 is 0 Å². The lowest BCUT2D eigenvalue weighted by Crippen LogP contribution is -2.65. The van der Waals surface area contributed by atoms with Crippen LogP contribution in [0.4, 0.5) is 19.3 Å². The summed E-state index contributed by atoms with van der Waals surface area (Å²) >= 11 is 0. The summed E-state index contributed by atoms with van der Waals surface area (Å²) in [7, 11) is 0. The summed E-state index contributed by atoms with van der Waals surface area (Å²) < 4.78 is 35.2. The van der Waals surface area contributed by atoms with E-state index in [0.717, 1.165) is 49.9 Å². The molecular weight excluding hydrogens is 458 g/mol. The number of piperidine rings is 3. The number of para-hydroxylation sites is 1. The fourth-order valence-electron chi connectivity index (χ4n) is 5.80. The van der Waals surface area contributed by atoms with E-state index >= 15 is 0 Å². The van der Waals surface area contributed by atoms with Crippen molar-refractivity contribution in [3.8, 4) is 0 Å². The lowest BCUT2D eigenvalue weighted by molar-refractivity contribution is -0.945. The molecule has 6 rings (SSSR count). The van der Waals surface area contributed by atoms with E-state index in [0.29, 0.717) is 11.5 Å². The molecule has 0 radical (unpaired) electrons. The number of benzene rings is 3. The maximum Gasteiger partial charge on any atom is 0.415 e. The lowest BCUT2D eigenvalue weighted by atomic mass is 9.83. The molecule has 6 heteroatoms. The number of nitrogens with zero attached hydrogens (tertiary/aromatic N) is 2. The molecule has 0 saturated carbocycles. The normalized spacial score (nSPS) is 22.9. The van der Waals surface area contributed by atoms with Crippen molar-refractivity contribution in [3.63, 3.8) is 0 Å². The number of halogens is 2. The number of anilines is 1. The molecule has 3 aliphatic heterocycles. The molecule has 0 aromatic heterocycles. The molecule has 3 saturated heterocycles. The van der Waals surface area contributed by atoms with Gasteiger partial charge in [0, 0.05) is 25.2 Å². The zero-order valence-electron chi connectivity index (χ0n) is 20.7. The molecule has 1 atom stereocenters. The molecule has 3 aromatic carbocycles. The van der Waals surface area contributed by atoms with E-state index in [1.165, 1.54) is 34.2 Å². The summed E-state index contributed by atoms with van der Waals surface area (Å²) in [6.07, 6.45) is 2.32. The lowest BCUT2D eigenvalue weighted by Gasteiger charge is -2.52. The van der Waals surface area contributed by atoms with Gasteiger partial charge >= 0.3 is 6.09 Å². The van der Waals surface area contributed by atoms with Crippen molar-refractivity contribution in [3.05, 3.63) is 101 Å². The Kier molecular flexibility index (Phi) is 7.06. The Labute approximate surface area is 211 Å². The number of ether oxygens (including phenoxy) is 1. The fourth-order valence-corrected chi connectivity index (χ4v) is 5.80. The van der Waals surface area contributed by atoms with Crippen LogP contribution in [0, 0.1) is 24.5 Å². The average molecular weight is 492 g/mol. The van der Waals surface area contributed by atoms with Gasteiger partial charge in [-0.15, -0.1) is 0 Å². The molecule has 0 aliphatic carbocycles. The highest BCUT2D eigenvalue weighted by molar-refractivity contribution is 5.87. The number of hydrogen-bond acceptors (Lipinski definition) is 2. The number of rotatable bonds is 7. The van der Waals surface area contributed by atoms with E-state index in [9.17, 15) is 13.6 Å². The summed E-state index contributed by atoms with van der Waals surface area (Å²) in [5, 5.41) is 0. The van der Waals surface area contributed by atoms with Crippen LogP contribution < -0.4 is 4.90 Å². The van der Waals surface area contributed by atoms with Gasteiger partial charge in [0.2, 0.25) is 0 Å². The maximum absolute atomic E-state index is 14.7. The van der Waals surface area contributed by atoms with Crippen molar-refractivity contribution < 1.29 is 22.8 Å². The number of amides is 1. The number of fused-ring (bicyclic) bond motifs is 3. The minimum Gasteiger partial charge on any atom is -0.440 e. The highest BCUT2D eigenvalue weighted by Gasteiger charge is 2.47. The van der Waals surface area contributed by atoms with Crippen LogP contribution in [-0.4, -0.2) is 42.9 Å². The minimum atomic E-state index is -0.555. The zero-order valence-corrected chi connectivity index (χ0v) is 20.7. The molecular formula is C30H33F2N2O2+. The largest absolute Gasteiger partial charge is 0.440 e. The van der Waals surface area contributed by atoms with E-state index in [1.807, 2.05) is 0 Å². The second-order valence-electron chi connectivity index (χ2n) is 10.3. The van der Waals surface area contributed by atoms with Gasteiger partial charge in [-0.25, -0.2) is 13.6 Å². The van der Waals surface area contributed by atoms with Crippen molar-refractivity contribution in [2.45, 2.75) is 38.8 Å². The predicted molar refractivity (Wildman–Crippen MR) is 137 cm³/mol. The number of aryl methyl sites for hydroxylation is 1. The number of carbonyl (C=O) groups excluding carboxylic acids is 1. The summed E-state index contributed by atoms with van der Waals surface area (Å²) in [6, 6.07) is 20.6. The Morgan fingerprint density at radius 2 is 1.67 bits per heavy atom. The van der Waals surface area contributed by atoms with Crippen LogP contribution in [0.1, 0.15) is 29.5 Å². The molecule has 3 heterocycles. The Bertz CT molecular complexity index is 1210. The zero-order chi connectivity index (χ0) is 25.1. The first-order valence-electron chi connectivity index (χ1n) is 12.8. The van der Waals surface area contributed by atoms with E-state index < -0.39 is 11.9 Å². The van der Waals surface area contributed by atoms with Crippen molar-refractivity contribution in [1.82, 2.24) is 0 Å². The molecule has 2 bridgehead atoms. The number of carbonyl (C=O) groups is 1. The molecule has 0 spiro atoms. The van der Waals surface area contributed by atoms with E-state index in [1.54, 1.807) is 30.3 Å². The quantitative estimate of drug-likeness (QED) is 0.365.